The Hall–Kier alpha value is -0.653. The maximum Gasteiger partial charge on any atom is 0.303 e. The highest BCUT2D eigenvalue weighted by molar-refractivity contribution is 6.76. The zero-order chi connectivity index (χ0) is 16.3. The van der Waals surface area contributed by atoms with Gasteiger partial charge in [-0.15, -0.1) is 0 Å². The van der Waals surface area contributed by atoms with Crippen LogP contribution in [0.15, 0.2) is 12.2 Å². The molecule has 0 aliphatic rings. The molecule has 0 aromatic rings. The van der Waals surface area contributed by atoms with Gasteiger partial charge in [0.1, 0.15) is 6.10 Å². The van der Waals surface area contributed by atoms with E-state index in [1.807, 2.05) is 6.92 Å². The molecule has 0 fully saturated rings. The van der Waals surface area contributed by atoms with Crippen molar-refractivity contribution in [2.45, 2.75) is 58.5 Å². The number of esters is 1. The Kier molecular flexibility index (Phi) is 10.6. The van der Waals surface area contributed by atoms with E-state index in [4.69, 9.17) is 14.2 Å². The van der Waals surface area contributed by atoms with E-state index in [2.05, 4.69) is 26.2 Å². The van der Waals surface area contributed by atoms with Crippen molar-refractivity contribution in [1.29, 1.82) is 0 Å². The zero-order valence-electron chi connectivity index (χ0n) is 14.4. The lowest BCUT2D eigenvalue weighted by molar-refractivity contribution is -0.143. The number of ether oxygens (including phenoxy) is 3. The number of hydrogen-bond acceptors (Lipinski definition) is 4. The third-order valence-electron chi connectivity index (χ3n) is 2.92. The van der Waals surface area contributed by atoms with Crippen molar-refractivity contribution in [3.8, 4) is 0 Å². The summed E-state index contributed by atoms with van der Waals surface area (Å²) in [4.78, 5) is 11.2. The van der Waals surface area contributed by atoms with Crippen molar-refractivity contribution in [3.63, 3.8) is 0 Å². The molecule has 0 aromatic carbocycles. The monoisotopic (exact) mass is 316 g/mol. The standard InChI is InChI=1S/C16H32O4Si/c1-7-18-11-12-19-10-8-9-14(2)16(20-15(3)17)13-21(4,5)6/h16H,2,7-13H2,1,3-6H3. The van der Waals surface area contributed by atoms with Gasteiger partial charge in [-0.25, -0.2) is 0 Å². The Balaban J connectivity index is 4.02. The molecule has 0 aliphatic heterocycles. The first-order valence-corrected chi connectivity index (χ1v) is 11.5. The second-order valence-corrected chi connectivity index (χ2v) is 12.0. The van der Waals surface area contributed by atoms with Crippen LogP contribution in [0.1, 0.15) is 26.7 Å². The average molecular weight is 317 g/mol. The molecule has 0 radical (unpaired) electrons. The molecule has 0 amide bonds. The minimum Gasteiger partial charge on any atom is -0.458 e. The first-order valence-electron chi connectivity index (χ1n) is 7.76. The third kappa shape index (κ3) is 12.8. The molecular weight excluding hydrogens is 284 g/mol. The van der Waals surface area contributed by atoms with E-state index in [0.717, 1.165) is 31.1 Å². The first kappa shape index (κ1) is 20.3. The van der Waals surface area contributed by atoms with Crippen molar-refractivity contribution < 1.29 is 19.0 Å². The molecule has 0 saturated carbocycles. The second-order valence-electron chi connectivity index (χ2n) is 6.43. The van der Waals surface area contributed by atoms with Gasteiger partial charge < -0.3 is 14.2 Å². The summed E-state index contributed by atoms with van der Waals surface area (Å²) < 4.78 is 16.1. The van der Waals surface area contributed by atoms with Gasteiger partial charge in [0.15, 0.2) is 0 Å². The topological polar surface area (TPSA) is 44.8 Å². The first-order chi connectivity index (χ1) is 9.76. The Labute approximate surface area is 130 Å². The van der Waals surface area contributed by atoms with Gasteiger partial charge in [-0.1, -0.05) is 26.2 Å². The summed E-state index contributed by atoms with van der Waals surface area (Å²) >= 11 is 0. The Morgan fingerprint density at radius 2 is 1.76 bits per heavy atom. The lowest BCUT2D eigenvalue weighted by Crippen LogP contribution is -2.30. The highest BCUT2D eigenvalue weighted by atomic mass is 28.3. The van der Waals surface area contributed by atoms with E-state index in [1.54, 1.807) is 0 Å². The maximum absolute atomic E-state index is 11.2. The summed E-state index contributed by atoms with van der Waals surface area (Å²) in [6, 6.07) is 0.927. The van der Waals surface area contributed by atoms with Crippen LogP contribution in [0.2, 0.25) is 25.7 Å². The van der Waals surface area contributed by atoms with Gasteiger partial charge in [0.05, 0.1) is 13.2 Å². The Bertz CT molecular complexity index is 310. The molecule has 124 valence electrons. The highest BCUT2D eigenvalue weighted by Gasteiger charge is 2.24. The summed E-state index contributed by atoms with van der Waals surface area (Å²) in [6.07, 6.45) is 1.59. The lowest BCUT2D eigenvalue weighted by Gasteiger charge is -2.26. The quantitative estimate of drug-likeness (QED) is 0.239. The van der Waals surface area contributed by atoms with E-state index in [0.29, 0.717) is 19.8 Å². The molecule has 0 rings (SSSR count). The molecule has 21 heavy (non-hydrogen) atoms. The summed E-state index contributed by atoms with van der Waals surface area (Å²) in [5, 5.41) is 0. The minimum absolute atomic E-state index is 0.141. The van der Waals surface area contributed by atoms with Crippen molar-refractivity contribution in [2.75, 3.05) is 26.4 Å². The molecule has 0 aliphatic carbocycles. The molecule has 4 nitrogen and oxygen atoms in total. The van der Waals surface area contributed by atoms with Crippen LogP contribution in [0.4, 0.5) is 0 Å². The van der Waals surface area contributed by atoms with Gasteiger partial charge in [-0.3, -0.25) is 4.79 Å². The van der Waals surface area contributed by atoms with Gasteiger partial charge >= 0.3 is 5.97 Å². The average Bonchev–Trinajstić information content (AvgIpc) is 2.34. The number of hydrogen-bond donors (Lipinski definition) is 0. The fourth-order valence-corrected chi connectivity index (χ4v) is 3.44. The Morgan fingerprint density at radius 3 is 2.29 bits per heavy atom. The van der Waals surface area contributed by atoms with Crippen LogP contribution in [0, 0.1) is 0 Å². The van der Waals surface area contributed by atoms with E-state index >= 15 is 0 Å². The molecule has 1 atom stereocenters. The van der Waals surface area contributed by atoms with Crippen LogP contribution in [0.25, 0.3) is 0 Å². The number of carbonyl (C=O) groups excluding carboxylic acids is 1. The normalized spacial score (nSPS) is 13.0. The molecule has 0 spiro atoms. The van der Waals surface area contributed by atoms with E-state index in [9.17, 15) is 4.79 Å². The van der Waals surface area contributed by atoms with Gasteiger partial charge in [0.25, 0.3) is 0 Å². The van der Waals surface area contributed by atoms with E-state index in [1.165, 1.54) is 6.92 Å². The molecule has 0 aromatic heterocycles. The van der Waals surface area contributed by atoms with Crippen molar-refractivity contribution in [2.24, 2.45) is 0 Å². The summed E-state index contributed by atoms with van der Waals surface area (Å²) in [6.45, 7) is 17.0. The van der Waals surface area contributed by atoms with Crippen LogP contribution in [-0.2, 0) is 19.0 Å². The fraction of sp³-hybridized carbons (Fsp3) is 0.812. The fourth-order valence-electron chi connectivity index (χ4n) is 1.95. The molecule has 0 N–H and O–H groups in total. The minimum atomic E-state index is -1.31. The van der Waals surface area contributed by atoms with Gasteiger partial charge in [0, 0.05) is 28.2 Å². The molecule has 0 saturated heterocycles. The van der Waals surface area contributed by atoms with Gasteiger partial charge in [-0.05, 0) is 31.4 Å². The van der Waals surface area contributed by atoms with Crippen LogP contribution in [0.3, 0.4) is 0 Å². The summed E-state index contributed by atoms with van der Waals surface area (Å²) in [5.41, 5.74) is 1.00. The molecule has 1 unspecified atom stereocenters. The maximum atomic E-state index is 11.2. The van der Waals surface area contributed by atoms with Crippen molar-refractivity contribution in [3.05, 3.63) is 12.2 Å². The van der Waals surface area contributed by atoms with Crippen LogP contribution in [-0.4, -0.2) is 46.6 Å². The van der Waals surface area contributed by atoms with Crippen LogP contribution < -0.4 is 0 Å². The van der Waals surface area contributed by atoms with Gasteiger partial charge in [-0.2, -0.15) is 0 Å². The van der Waals surface area contributed by atoms with E-state index in [-0.39, 0.29) is 12.1 Å². The third-order valence-corrected chi connectivity index (χ3v) is 4.52. The number of rotatable bonds is 12. The SMILES string of the molecule is C=C(CCCOCCOCC)C(C[Si](C)(C)C)OC(C)=O. The lowest BCUT2D eigenvalue weighted by atomic mass is 10.1. The molecule has 5 heteroatoms. The largest absolute Gasteiger partial charge is 0.458 e. The molecular formula is C16H32O4Si. The summed E-state index contributed by atoms with van der Waals surface area (Å²) in [5.74, 6) is -0.229. The summed E-state index contributed by atoms with van der Waals surface area (Å²) in [7, 11) is -1.31. The van der Waals surface area contributed by atoms with Crippen LogP contribution >= 0.6 is 0 Å². The zero-order valence-corrected chi connectivity index (χ0v) is 15.4. The Morgan fingerprint density at radius 1 is 1.14 bits per heavy atom. The predicted molar refractivity (Wildman–Crippen MR) is 89.4 cm³/mol. The predicted octanol–water partition coefficient (Wildman–Crippen LogP) is 3.65. The van der Waals surface area contributed by atoms with Gasteiger partial charge in [0.2, 0.25) is 0 Å². The number of carbonyl (C=O) groups is 1. The molecule has 0 bridgehead atoms. The second kappa shape index (κ2) is 11.0. The van der Waals surface area contributed by atoms with Crippen molar-refractivity contribution in [1.82, 2.24) is 0 Å². The van der Waals surface area contributed by atoms with E-state index < -0.39 is 8.07 Å². The smallest absolute Gasteiger partial charge is 0.303 e. The molecule has 0 heterocycles. The van der Waals surface area contributed by atoms with Crippen molar-refractivity contribution >= 4 is 14.0 Å². The van der Waals surface area contributed by atoms with Crippen LogP contribution in [0.5, 0.6) is 0 Å². The highest BCUT2D eigenvalue weighted by Crippen LogP contribution is 2.22.